The molecule has 6 heteroatoms. The summed E-state index contributed by atoms with van der Waals surface area (Å²) in [5, 5.41) is 9.23. The third-order valence-electron chi connectivity index (χ3n) is 6.16. The molecule has 2 aromatic heterocycles. The van der Waals surface area contributed by atoms with Crippen LogP contribution in [0.15, 0.2) is 24.5 Å². The van der Waals surface area contributed by atoms with E-state index in [1.54, 1.807) is 0 Å². The van der Waals surface area contributed by atoms with Crippen molar-refractivity contribution < 1.29 is 0 Å². The Morgan fingerprint density at radius 1 is 0.808 bits per heavy atom. The van der Waals surface area contributed by atoms with Gasteiger partial charge in [0.2, 0.25) is 0 Å². The molecule has 142 valence electrons. The van der Waals surface area contributed by atoms with Gasteiger partial charge in [-0.05, 0) is 64.8 Å². The van der Waals surface area contributed by atoms with Gasteiger partial charge in [-0.25, -0.2) is 4.68 Å². The molecular weight excluding hydrogens is 324 g/mol. The number of hydrogen-bond acceptors (Lipinski definition) is 4. The minimum absolute atomic E-state index is 0.629. The van der Waals surface area contributed by atoms with Crippen molar-refractivity contribution in [3.8, 4) is 0 Å². The highest BCUT2D eigenvalue weighted by Gasteiger charge is 2.25. The van der Waals surface area contributed by atoms with E-state index in [1.807, 2.05) is 0 Å². The standard InChI is InChI=1S/C20H32N6/c1-17-9-3-5-11-23(17)15-19-21-22-20(26(19)25-13-7-8-14-25)16-24-12-6-4-10-18(24)2/h7-8,13-14,17-18H,3-6,9-12,15-16H2,1-2H3/t17-,18+. The van der Waals surface area contributed by atoms with Crippen molar-refractivity contribution in [1.82, 2.24) is 29.3 Å². The minimum Gasteiger partial charge on any atom is -0.293 e. The molecule has 0 aliphatic carbocycles. The summed E-state index contributed by atoms with van der Waals surface area (Å²) in [7, 11) is 0. The van der Waals surface area contributed by atoms with E-state index in [2.05, 4.69) is 67.7 Å². The summed E-state index contributed by atoms with van der Waals surface area (Å²) in [4.78, 5) is 5.11. The van der Waals surface area contributed by atoms with Gasteiger partial charge in [0.15, 0.2) is 11.6 Å². The Labute approximate surface area is 156 Å². The van der Waals surface area contributed by atoms with E-state index in [9.17, 15) is 0 Å². The van der Waals surface area contributed by atoms with Crippen LogP contribution in [0.2, 0.25) is 0 Å². The highest BCUT2D eigenvalue weighted by atomic mass is 15.5. The van der Waals surface area contributed by atoms with Crippen molar-refractivity contribution in [1.29, 1.82) is 0 Å². The van der Waals surface area contributed by atoms with E-state index in [1.165, 1.54) is 38.5 Å². The Morgan fingerprint density at radius 3 is 1.77 bits per heavy atom. The molecule has 0 amide bonds. The minimum atomic E-state index is 0.629. The Hall–Kier alpha value is -1.66. The van der Waals surface area contributed by atoms with Crippen LogP contribution in [0.5, 0.6) is 0 Å². The zero-order chi connectivity index (χ0) is 17.9. The van der Waals surface area contributed by atoms with Crippen molar-refractivity contribution in [2.45, 2.75) is 77.5 Å². The zero-order valence-corrected chi connectivity index (χ0v) is 16.2. The van der Waals surface area contributed by atoms with E-state index < -0.39 is 0 Å². The fraction of sp³-hybridized carbons (Fsp3) is 0.700. The van der Waals surface area contributed by atoms with Gasteiger partial charge >= 0.3 is 0 Å². The van der Waals surface area contributed by atoms with Crippen LogP contribution in [0, 0.1) is 0 Å². The summed E-state index contributed by atoms with van der Waals surface area (Å²) in [6, 6.07) is 5.40. The Kier molecular flexibility index (Phi) is 5.41. The maximum atomic E-state index is 4.61. The van der Waals surface area contributed by atoms with Gasteiger partial charge in [-0.1, -0.05) is 12.8 Å². The molecule has 0 unspecified atom stereocenters. The SMILES string of the molecule is C[C@@H]1CCCCN1Cc1nnc(CN2CCCC[C@@H]2C)n1-n1cccc1. The Morgan fingerprint density at radius 2 is 1.31 bits per heavy atom. The lowest BCUT2D eigenvalue weighted by atomic mass is 10.0. The summed E-state index contributed by atoms with van der Waals surface area (Å²) >= 11 is 0. The molecule has 6 nitrogen and oxygen atoms in total. The number of piperidine rings is 2. The first-order chi connectivity index (χ1) is 12.7. The molecule has 4 heterocycles. The molecule has 2 atom stereocenters. The number of rotatable bonds is 5. The summed E-state index contributed by atoms with van der Waals surface area (Å²) in [6.45, 7) is 8.76. The smallest absolute Gasteiger partial charge is 0.167 e. The van der Waals surface area contributed by atoms with E-state index in [4.69, 9.17) is 0 Å². The van der Waals surface area contributed by atoms with Gasteiger partial charge in [0.05, 0.1) is 13.1 Å². The van der Waals surface area contributed by atoms with Crippen molar-refractivity contribution >= 4 is 0 Å². The summed E-state index contributed by atoms with van der Waals surface area (Å²) in [5.41, 5.74) is 0. The summed E-state index contributed by atoms with van der Waals surface area (Å²) in [5.74, 6) is 2.10. The van der Waals surface area contributed by atoms with Crippen LogP contribution in [0.25, 0.3) is 0 Å². The van der Waals surface area contributed by atoms with Crippen LogP contribution >= 0.6 is 0 Å². The highest BCUT2D eigenvalue weighted by molar-refractivity contribution is 5.02. The Balaban J connectivity index is 1.59. The zero-order valence-electron chi connectivity index (χ0n) is 16.2. The predicted molar refractivity (Wildman–Crippen MR) is 103 cm³/mol. The maximum absolute atomic E-state index is 4.61. The first-order valence-corrected chi connectivity index (χ1v) is 10.3. The quantitative estimate of drug-likeness (QED) is 0.825. The lowest BCUT2D eigenvalue weighted by Crippen LogP contribution is -2.39. The first kappa shape index (κ1) is 17.7. The van der Waals surface area contributed by atoms with Gasteiger partial charge in [0, 0.05) is 24.5 Å². The van der Waals surface area contributed by atoms with Crippen LogP contribution in [0.4, 0.5) is 0 Å². The van der Waals surface area contributed by atoms with E-state index in [0.717, 1.165) is 37.8 Å². The summed E-state index contributed by atoms with van der Waals surface area (Å²) < 4.78 is 4.36. The molecule has 0 bridgehead atoms. The number of aromatic nitrogens is 4. The molecule has 0 saturated carbocycles. The lowest BCUT2D eigenvalue weighted by molar-refractivity contribution is 0.141. The van der Waals surface area contributed by atoms with Gasteiger partial charge in [-0.3, -0.25) is 14.5 Å². The molecule has 2 saturated heterocycles. The average Bonchev–Trinajstić information content (AvgIpc) is 3.29. The third kappa shape index (κ3) is 3.71. The van der Waals surface area contributed by atoms with E-state index in [0.29, 0.717) is 12.1 Å². The molecule has 2 aliphatic rings. The van der Waals surface area contributed by atoms with Crippen LogP contribution in [0.3, 0.4) is 0 Å². The van der Waals surface area contributed by atoms with Gasteiger partial charge in [0.1, 0.15) is 0 Å². The van der Waals surface area contributed by atoms with E-state index >= 15 is 0 Å². The average molecular weight is 357 g/mol. The fourth-order valence-electron chi connectivity index (χ4n) is 4.42. The molecule has 26 heavy (non-hydrogen) atoms. The molecule has 2 aromatic rings. The molecular formula is C20H32N6. The van der Waals surface area contributed by atoms with E-state index in [-0.39, 0.29) is 0 Å². The van der Waals surface area contributed by atoms with Crippen LogP contribution in [0.1, 0.15) is 64.0 Å². The third-order valence-corrected chi connectivity index (χ3v) is 6.16. The van der Waals surface area contributed by atoms with Crippen molar-refractivity contribution in [2.24, 2.45) is 0 Å². The second-order valence-corrected chi connectivity index (χ2v) is 8.04. The fourth-order valence-corrected chi connectivity index (χ4v) is 4.42. The van der Waals surface area contributed by atoms with Crippen molar-refractivity contribution in [2.75, 3.05) is 13.1 Å². The normalized spacial score (nSPS) is 25.6. The topological polar surface area (TPSA) is 42.1 Å². The number of likely N-dealkylation sites (tertiary alicyclic amines) is 2. The van der Waals surface area contributed by atoms with Gasteiger partial charge in [-0.15, -0.1) is 10.2 Å². The van der Waals surface area contributed by atoms with Gasteiger partial charge in [0.25, 0.3) is 0 Å². The van der Waals surface area contributed by atoms with Gasteiger partial charge < -0.3 is 0 Å². The monoisotopic (exact) mass is 356 g/mol. The molecule has 0 spiro atoms. The molecule has 2 aliphatic heterocycles. The van der Waals surface area contributed by atoms with Crippen LogP contribution in [-0.2, 0) is 13.1 Å². The highest BCUT2D eigenvalue weighted by Crippen LogP contribution is 2.21. The Bertz CT molecular complexity index is 650. The number of hydrogen-bond donors (Lipinski definition) is 0. The van der Waals surface area contributed by atoms with Crippen LogP contribution < -0.4 is 0 Å². The molecule has 2 fully saturated rings. The molecule has 0 radical (unpaired) electrons. The predicted octanol–water partition coefficient (Wildman–Crippen LogP) is 3.14. The summed E-state index contributed by atoms with van der Waals surface area (Å²) in [6.07, 6.45) is 12.0. The number of nitrogens with zero attached hydrogens (tertiary/aromatic N) is 6. The largest absolute Gasteiger partial charge is 0.293 e. The lowest BCUT2D eigenvalue weighted by Gasteiger charge is -2.33. The second kappa shape index (κ2) is 7.92. The van der Waals surface area contributed by atoms with Crippen molar-refractivity contribution in [3.05, 3.63) is 36.2 Å². The van der Waals surface area contributed by atoms with Crippen LogP contribution in [-0.4, -0.2) is 54.5 Å². The van der Waals surface area contributed by atoms with Crippen molar-refractivity contribution in [3.63, 3.8) is 0 Å². The van der Waals surface area contributed by atoms with Gasteiger partial charge in [-0.2, -0.15) is 0 Å². The maximum Gasteiger partial charge on any atom is 0.167 e. The molecule has 0 N–H and O–H groups in total. The first-order valence-electron chi connectivity index (χ1n) is 10.3. The second-order valence-electron chi connectivity index (χ2n) is 8.04. The molecule has 4 rings (SSSR count). The molecule has 0 aromatic carbocycles.